The molecule has 1 atom stereocenters. The van der Waals surface area contributed by atoms with Gasteiger partial charge < -0.3 is 15.4 Å². The molecule has 0 spiro atoms. The van der Waals surface area contributed by atoms with Gasteiger partial charge in [-0.1, -0.05) is 6.07 Å². The number of ether oxygens (including phenoxy) is 1. The topological polar surface area (TPSA) is 33.3 Å². The van der Waals surface area contributed by atoms with E-state index in [2.05, 4.69) is 10.6 Å². The molecule has 2 N–H and O–H groups in total. The van der Waals surface area contributed by atoms with Gasteiger partial charge in [-0.05, 0) is 37.1 Å². The van der Waals surface area contributed by atoms with Crippen LogP contribution in [0, 0.1) is 5.82 Å². The first kappa shape index (κ1) is 12.3. The summed E-state index contributed by atoms with van der Waals surface area (Å²) >= 11 is 0. The molecular formula is C13H19FN2O. The molecule has 4 heteroatoms. The monoisotopic (exact) mass is 238 g/mol. The molecule has 1 heterocycles. The molecule has 1 aromatic rings. The van der Waals surface area contributed by atoms with E-state index in [9.17, 15) is 4.39 Å². The van der Waals surface area contributed by atoms with E-state index < -0.39 is 0 Å². The van der Waals surface area contributed by atoms with Gasteiger partial charge in [0.2, 0.25) is 0 Å². The lowest BCUT2D eigenvalue weighted by Crippen LogP contribution is -2.33. The van der Waals surface area contributed by atoms with Gasteiger partial charge in [0.15, 0.2) is 11.6 Å². The van der Waals surface area contributed by atoms with Crippen LogP contribution in [-0.4, -0.2) is 26.2 Å². The maximum absolute atomic E-state index is 13.4. The molecule has 0 aromatic heterocycles. The second kappa shape index (κ2) is 5.98. The lowest BCUT2D eigenvalue weighted by molar-refractivity contribution is 0.386. The van der Waals surface area contributed by atoms with Gasteiger partial charge >= 0.3 is 0 Å². The van der Waals surface area contributed by atoms with Crippen LogP contribution >= 0.6 is 0 Å². The minimum absolute atomic E-state index is 0.297. The SMILES string of the molecule is COc1ccc(CNCC2CCCN2)cc1F. The predicted molar refractivity (Wildman–Crippen MR) is 65.7 cm³/mol. The molecule has 0 amide bonds. The van der Waals surface area contributed by atoms with Crippen molar-refractivity contribution in [1.82, 2.24) is 10.6 Å². The van der Waals surface area contributed by atoms with Crippen LogP contribution in [-0.2, 0) is 6.54 Å². The van der Waals surface area contributed by atoms with E-state index in [0.29, 0.717) is 18.3 Å². The van der Waals surface area contributed by atoms with E-state index in [4.69, 9.17) is 4.74 Å². The van der Waals surface area contributed by atoms with Crippen molar-refractivity contribution in [2.45, 2.75) is 25.4 Å². The minimum Gasteiger partial charge on any atom is -0.494 e. The molecule has 17 heavy (non-hydrogen) atoms. The molecule has 1 fully saturated rings. The van der Waals surface area contributed by atoms with Gasteiger partial charge in [-0.3, -0.25) is 0 Å². The Labute approximate surface area is 101 Å². The fraction of sp³-hybridized carbons (Fsp3) is 0.538. The molecule has 0 bridgehead atoms. The van der Waals surface area contributed by atoms with Gasteiger partial charge in [0.05, 0.1) is 7.11 Å². The first-order chi connectivity index (χ1) is 8.29. The molecule has 1 saturated heterocycles. The second-order valence-corrected chi connectivity index (χ2v) is 4.39. The molecule has 0 saturated carbocycles. The molecule has 1 aromatic carbocycles. The van der Waals surface area contributed by atoms with Crippen LogP contribution in [0.1, 0.15) is 18.4 Å². The molecule has 1 unspecified atom stereocenters. The van der Waals surface area contributed by atoms with Gasteiger partial charge in [0.25, 0.3) is 0 Å². The first-order valence-electron chi connectivity index (χ1n) is 6.06. The van der Waals surface area contributed by atoms with Crippen LogP contribution in [0.25, 0.3) is 0 Å². The third-order valence-electron chi connectivity index (χ3n) is 3.10. The van der Waals surface area contributed by atoms with Crippen LogP contribution in [0.3, 0.4) is 0 Å². The van der Waals surface area contributed by atoms with Gasteiger partial charge in [0.1, 0.15) is 0 Å². The predicted octanol–water partition coefficient (Wildman–Crippen LogP) is 1.68. The van der Waals surface area contributed by atoms with Crippen molar-refractivity contribution in [2.24, 2.45) is 0 Å². The van der Waals surface area contributed by atoms with Crippen LogP contribution in [0.4, 0.5) is 4.39 Å². The third kappa shape index (κ3) is 3.41. The zero-order chi connectivity index (χ0) is 12.1. The zero-order valence-corrected chi connectivity index (χ0v) is 10.1. The summed E-state index contributed by atoms with van der Waals surface area (Å²) in [5.74, 6) is -0.00278. The summed E-state index contributed by atoms with van der Waals surface area (Å²) in [5.41, 5.74) is 0.946. The third-order valence-corrected chi connectivity index (χ3v) is 3.10. The van der Waals surface area contributed by atoms with E-state index in [1.165, 1.54) is 26.0 Å². The van der Waals surface area contributed by atoms with Crippen molar-refractivity contribution >= 4 is 0 Å². The summed E-state index contributed by atoms with van der Waals surface area (Å²) < 4.78 is 18.3. The summed E-state index contributed by atoms with van der Waals surface area (Å²) in [4.78, 5) is 0. The Kier molecular flexibility index (Phi) is 4.34. The Morgan fingerprint density at radius 3 is 3.06 bits per heavy atom. The molecule has 3 nitrogen and oxygen atoms in total. The largest absolute Gasteiger partial charge is 0.494 e. The maximum Gasteiger partial charge on any atom is 0.165 e. The van der Waals surface area contributed by atoms with Gasteiger partial charge in [-0.2, -0.15) is 0 Å². The highest BCUT2D eigenvalue weighted by Crippen LogP contribution is 2.17. The minimum atomic E-state index is -0.300. The van der Waals surface area contributed by atoms with Crippen molar-refractivity contribution in [3.63, 3.8) is 0 Å². The quantitative estimate of drug-likeness (QED) is 0.818. The van der Waals surface area contributed by atoms with E-state index in [-0.39, 0.29) is 5.82 Å². The fourth-order valence-electron chi connectivity index (χ4n) is 2.14. The summed E-state index contributed by atoms with van der Waals surface area (Å²) in [6.45, 7) is 2.75. The maximum atomic E-state index is 13.4. The number of rotatable bonds is 5. The highest BCUT2D eigenvalue weighted by molar-refractivity contribution is 5.29. The molecule has 1 aliphatic rings. The lowest BCUT2D eigenvalue weighted by Gasteiger charge is -2.11. The van der Waals surface area contributed by atoms with Gasteiger partial charge in [-0.25, -0.2) is 4.39 Å². The first-order valence-corrected chi connectivity index (χ1v) is 6.06. The van der Waals surface area contributed by atoms with Crippen molar-refractivity contribution in [1.29, 1.82) is 0 Å². The average molecular weight is 238 g/mol. The average Bonchev–Trinajstić information content (AvgIpc) is 2.82. The summed E-state index contributed by atoms with van der Waals surface area (Å²) in [7, 11) is 1.47. The number of methoxy groups -OCH3 is 1. The summed E-state index contributed by atoms with van der Waals surface area (Å²) in [5, 5.41) is 6.75. The Morgan fingerprint density at radius 1 is 1.53 bits per heavy atom. The highest BCUT2D eigenvalue weighted by atomic mass is 19.1. The van der Waals surface area contributed by atoms with Gasteiger partial charge in [-0.15, -0.1) is 0 Å². The van der Waals surface area contributed by atoms with E-state index in [1.807, 2.05) is 6.07 Å². The van der Waals surface area contributed by atoms with Crippen molar-refractivity contribution < 1.29 is 9.13 Å². The Balaban J connectivity index is 1.80. The van der Waals surface area contributed by atoms with Crippen LogP contribution in [0.15, 0.2) is 18.2 Å². The number of nitrogens with one attached hydrogen (secondary N) is 2. The standard InChI is InChI=1S/C13H19FN2O/c1-17-13-5-4-10(7-12(13)14)8-15-9-11-3-2-6-16-11/h4-5,7,11,15-16H,2-3,6,8-9H2,1H3. The fourth-order valence-corrected chi connectivity index (χ4v) is 2.14. The summed E-state index contributed by atoms with van der Waals surface area (Å²) in [6.07, 6.45) is 2.48. The Morgan fingerprint density at radius 2 is 2.41 bits per heavy atom. The lowest BCUT2D eigenvalue weighted by atomic mass is 10.2. The highest BCUT2D eigenvalue weighted by Gasteiger charge is 2.12. The Hall–Kier alpha value is -1.13. The number of hydrogen-bond acceptors (Lipinski definition) is 3. The number of halogens is 1. The van der Waals surface area contributed by atoms with Gasteiger partial charge in [0, 0.05) is 19.1 Å². The van der Waals surface area contributed by atoms with Crippen molar-refractivity contribution in [3.05, 3.63) is 29.6 Å². The number of hydrogen-bond donors (Lipinski definition) is 2. The van der Waals surface area contributed by atoms with E-state index in [0.717, 1.165) is 18.7 Å². The molecule has 1 aliphatic heterocycles. The van der Waals surface area contributed by atoms with E-state index >= 15 is 0 Å². The number of benzene rings is 1. The smallest absolute Gasteiger partial charge is 0.165 e. The molecule has 0 aliphatic carbocycles. The van der Waals surface area contributed by atoms with Crippen LogP contribution in [0.2, 0.25) is 0 Å². The van der Waals surface area contributed by atoms with Crippen molar-refractivity contribution in [3.8, 4) is 5.75 Å². The van der Waals surface area contributed by atoms with Crippen LogP contribution in [0.5, 0.6) is 5.75 Å². The van der Waals surface area contributed by atoms with E-state index in [1.54, 1.807) is 6.07 Å². The molecule has 94 valence electrons. The van der Waals surface area contributed by atoms with Crippen molar-refractivity contribution in [2.75, 3.05) is 20.2 Å². The Bertz CT molecular complexity index is 364. The van der Waals surface area contributed by atoms with Crippen LogP contribution < -0.4 is 15.4 Å². The zero-order valence-electron chi connectivity index (χ0n) is 10.1. The molecular weight excluding hydrogens is 219 g/mol. The molecule has 2 rings (SSSR count). The normalized spacial score (nSPS) is 19.5. The molecule has 0 radical (unpaired) electrons. The second-order valence-electron chi connectivity index (χ2n) is 4.39. The summed E-state index contributed by atoms with van der Waals surface area (Å²) in [6, 6.07) is 5.64.